The van der Waals surface area contributed by atoms with Gasteiger partial charge in [-0.3, -0.25) is 4.90 Å². The van der Waals surface area contributed by atoms with Crippen molar-refractivity contribution in [2.24, 2.45) is 0 Å². The molecule has 1 saturated heterocycles. The summed E-state index contributed by atoms with van der Waals surface area (Å²) in [5, 5.41) is -0.0889. The Labute approximate surface area is 92.1 Å². The minimum atomic E-state index is -2.98. The molecule has 15 heavy (non-hydrogen) atoms. The van der Waals surface area contributed by atoms with E-state index in [0.29, 0.717) is 12.6 Å². The summed E-state index contributed by atoms with van der Waals surface area (Å²) in [5.41, 5.74) is 0. The Morgan fingerprint density at radius 2 is 2.07 bits per heavy atom. The first-order chi connectivity index (χ1) is 7.13. The summed E-state index contributed by atoms with van der Waals surface area (Å²) in [7, 11) is -2.98. The Bertz CT molecular complexity index is 311. The SMILES string of the molecule is CCN1CCC[C@H]1CNS(=O)(=O)C1CC1. The van der Waals surface area contributed by atoms with Gasteiger partial charge >= 0.3 is 0 Å². The van der Waals surface area contributed by atoms with E-state index in [9.17, 15) is 8.42 Å². The zero-order valence-corrected chi connectivity index (χ0v) is 10.1. The Kier molecular flexibility index (Phi) is 3.33. The third-order valence-electron chi connectivity index (χ3n) is 3.39. The van der Waals surface area contributed by atoms with E-state index in [1.54, 1.807) is 0 Å². The van der Waals surface area contributed by atoms with Crippen molar-refractivity contribution in [3.8, 4) is 0 Å². The van der Waals surface area contributed by atoms with Crippen molar-refractivity contribution in [2.45, 2.75) is 43.9 Å². The summed E-state index contributed by atoms with van der Waals surface area (Å²) in [5.74, 6) is 0. The molecule has 2 rings (SSSR count). The van der Waals surface area contributed by atoms with Crippen LogP contribution in [0.2, 0.25) is 0 Å². The fraction of sp³-hybridized carbons (Fsp3) is 1.00. The number of hydrogen-bond acceptors (Lipinski definition) is 3. The molecule has 5 heteroatoms. The number of nitrogens with zero attached hydrogens (tertiary/aromatic N) is 1. The van der Waals surface area contributed by atoms with E-state index in [1.165, 1.54) is 6.42 Å². The van der Waals surface area contributed by atoms with Crippen LogP contribution in [0, 0.1) is 0 Å². The standard InChI is InChI=1S/C10H20N2O2S/c1-2-12-7-3-4-9(12)8-11-15(13,14)10-5-6-10/h9-11H,2-8H2,1H3/t9-/m0/s1. The van der Waals surface area contributed by atoms with E-state index in [1.807, 2.05) is 0 Å². The molecule has 4 nitrogen and oxygen atoms in total. The molecule has 0 aromatic carbocycles. The van der Waals surface area contributed by atoms with Gasteiger partial charge in [0.25, 0.3) is 0 Å². The first-order valence-corrected chi connectivity index (χ1v) is 7.40. The summed E-state index contributed by atoms with van der Waals surface area (Å²) in [6.45, 7) is 4.88. The van der Waals surface area contributed by atoms with Crippen LogP contribution in [0.3, 0.4) is 0 Å². The van der Waals surface area contributed by atoms with Crippen LogP contribution in [-0.4, -0.2) is 44.2 Å². The van der Waals surface area contributed by atoms with E-state index in [0.717, 1.165) is 32.4 Å². The smallest absolute Gasteiger partial charge is 0.214 e. The summed E-state index contributed by atoms with van der Waals surface area (Å²) in [6.07, 6.45) is 4.01. The van der Waals surface area contributed by atoms with Crippen molar-refractivity contribution in [1.29, 1.82) is 0 Å². The first-order valence-electron chi connectivity index (χ1n) is 5.86. The normalized spacial score (nSPS) is 28.5. The fourth-order valence-corrected chi connectivity index (χ4v) is 3.67. The van der Waals surface area contributed by atoms with Crippen molar-refractivity contribution < 1.29 is 8.42 Å². The van der Waals surface area contributed by atoms with Crippen molar-refractivity contribution in [3.63, 3.8) is 0 Å². The minimum Gasteiger partial charge on any atom is -0.299 e. The van der Waals surface area contributed by atoms with Gasteiger partial charge in [-0.25, -0.2) is 13.1 Å². The van der Waals surface area contributed by atoms with Crippen molar-refractivity contribution in [1.82, 2.24) is 9.62 Å². The van der Waals surface area contributed by atoms with E-state index >= 15 is 0 Å². The molecular weight excluding hydrogens is 212 g/mol. The molecule has 1 aliphatic carbocycles. The van der Waals surface area contributed by atoms with Crippen LogP contribution in [-0.2, 0) is 10.0 Å². The number of hydrogen-bond donors (Lipinski definition) is 1. The lowest BCUT2D eigenvalue weighted by molar-refractivity contribution is 0.268. The maximum atomic E-state index is 11.6. The summed E-state index contributed by atoms with van der Waals surface area (Å²) < 4.78 is 26.0. The second-order valence-corrected chi connectivity index (χ2v) is 6.56. The average Bonchev–Trinajstić information content (AvgIpc) is 2.96. The largest absolute Gasteiger partial charge is 0.299 e. The molecule has 1 heterocycles. The zero-order chi connectivity index (χ0) is 10.9. The van der Waals surface area contributed by atoms with Crippen LogP contribution in [0.1, 0.15) is 32.6 Å². The number of likely N-dealkylation sites (N-methyl/N-ethyl adjacent to an activating group) is 1. The highest BCUT2D eigenvalue weighted by Crippen LogP contribution is 2.27. The molecule has 0 aromatic heterocycles. The van der Waals surface area contributed by atoms with Crippen molar-refractivity contribution >= 4 is 10.0 Å². The van der Waals surface area contributed by atoms with Gasteiger partial charge in [-0.2, -0.15) is 0 Å². The quantitative estimate of drug-likeness (QED) is 0.753. The van der Waals surface area contributed by atoms with Crippen LogP contribution >= 0.6 is 0 Å². The van der Waals surface area contributed by atoms with Gasteiger partial charge in [-0.15, -0.1) is 0 Å². The third-order valence-corrected chi connectivity index (χ3v) is 5.31. The van der Waals surface area contributed by atoms with Crippen molar-refractivity contribution in [3.05, 3.63) is 0 Å². The van der Waals surface area contributed by atoms with E-state index in [4.69, 9.17) is 0 Å². The predicted molar refractivity (Wildman–Crippen MR) is 60.2 cm³/mol. The molecule has 1 atom stereocenters. The molecule has 2 fully saturated rings. The van der Waals surface area contributed by atoms with Gasteiger partial charge in [-0.05, 0) is 38.8 Å². The summed E-state index contributed by atoms with van der Waals surface area (Å²) in [4.78, 5) is 2.36. The molecule has 0 spiro atoms. The molecule has 1 N–H and O–H groups in total. The van der Waals surface area contributed by atoms with Gasteiger partial charge in [0.15, 0.2) is 0 Å². The highest BCUT2D eigenvalue weighted by atomic mass is 32.2. The minimum absolute atomic E-state index is 0.0889. The number of nitrogens with one attached hydrogen (secondary N) is 1. The Hall–Kier alpha value is -0.130. The molecule has 0 aromatic rings. The molecule has 0 radical (unpaired) electrons. The molecule has 0 amide bonds. The Morgan fingerprint density at radius 3 is 2.67 bits per heavy atom. The molecule has 0 unspecified atom stereocenters. The van der Waals surface area contributed by atoms with Crippen LogP contribution in [0.4, 0.5) is 0 Å². The molecular formula is C10H20N2O2S. The number of sulfonamides is 1. The van der Waals surface area contributed by atoms with Crippen molar-refractivity contribution in [2.75, 3.05) is 19.6 Å². The molecule has 1 saturated carbocycles. The van der Waals surface area contributed by atoms with Crippen LogP contribution in [0.25, 0.3) is 0 Å². The second kappa shape index (κ2) is 4.39. The van der Waals surface area contributed by atoms with Gasteiger partial charge in [0.2, 0.25) is 10.0 Å². The van der Waals surface area contributed by atoms with Gasteiger partial charge < -0.3 is 0 Å². The second-order valence-electron chi connectivity index (χ2n) is 4.52. The lowest BCUT2D eigenvalue weighted by atomic mass is 10.2. The lowest BCUT2D eigenvalue weighted by Crippen LogP contribution is -2.41. The maximum absolute atomic E-state index is 11.6. The molecule has 2 aliphatic rings. The lowest BCUT2D eigenvalue weighted by Gasteiger charge is -2.22. The zero-order valence-electron chi connectivity index (χ0n) is 9.28. The predicted octanol–water partition coefficient (Wildman–Crippen LogP) is 0.552. The molecule has 1 aliphatic heterocycles. The molecule has 88 valence electrons. The molecule has 0 bridgehead atoms. The van der Waals surface area contributed by atoms with E-state index < -0.39 is 10.0 Å². The third kappa shape index (κ3) is 2.71. The number of likely N-dealkylation sites (tertiary alicyclic amines) is 1. The van der Waals surface area contributed by atoms with E-state index in [-0.39, 0.29) is 5.25 Å². The number of rotatable bonds is 5. The van der Waals surface area contributed by atoms with E-state index in [2.05, 4.69) is 16.5 Å². The summed E-state index contributed by atoms with van der Waals surface area (Å²) in [6, 6.07) is 0.420. The first kappa shape index (κ1) is 11.4. The maximum Gasteiger partial charge on any atom is 0.214 e. The Morgan fingerprint density at radius 1 is 1.33 bits per heavy atom. The highest BCUT2D eigenvalue weighted by Gasteiger charge is 2.36. The topological polar surface area (TPSA) is 49.4 Å². The Balaban J connectivity index is 1.82. The van der Waals surface area contributed by atoms with Gasteiger partial charge in [-0.1, -0.05) is 6.92 Å². The van der Waals surface area contributed by atoms with Crippen LogP contribution in [0.15, 0.2) is 0 Å². The monoisotopic (exact) mass is 232 g/mol. The highest BCUT2D eigenvalue weighted by molar-refractivity contribution is 7.90. The van der Waals surface area contributed by atoms with Crippen LogP contribution in [0.5, 0.6) is 0 Å². The van der Waals surface area contributed by atoms with Gasteiger partial charge in [0, 0.05) is 12.6 Å². The van der Waals surface area contributed by atoms with Crippen LogP contribution < -0.4 is 4.72 Å². The average molecular weight is 232 g/mol. The fourth-order valence-electron chi connectivity index (χ4n) is 2.25. The summed E-state index contributed by atoms with van der Waals surface area (Å²) >= 11 is 0. The van der Waals surface area contributed by atoms with Gasteiger partial charge in [0.05, 0.1) is 5.25 Å². The van der Waals surface area contributed by atoms with Gasteiger partial charge in [0.1, 0.15) is 0 Å².